The molecule has 0 N–H and O–H groups in total. The number of benzene rings is 1. The van der Waals surface area contributed by atoms with Crippen LogP contribution in [0.3, 0.4) is 0 Å². The Balaban J connectivity index is 1.89. The molecule has 2 aromatic rings. The molecule has 20 heavy (non-hydrogen) atoms. The number of morpholine rings is 1. The summed E-state index contributed by atoms with van der Waals surface area (Å²) in [5.74, 6) is 0. The van der Waals surface area contributed by atoms with Crippen molar-refractivity contribution in [3.05, 3.63) is 54.6 Å². The number of imidazole rings is 1. The van der Waals surface area contributed by atoms with E-state index in [9.17, 15) is 0 Å². The van der Waals surface area contributed by atoms with E-state index in [1.54, 1.807) is 0 Å². The Morgan fingerprint density at radius 1 is 1.15 bits per heavy atom. The highest BCUT2D eigenvalue weighted by molar-refractivity contribution is 5.21. The zero-order valence-electron chi connectivity index (χ0n) is 11.9. The molecule has 0 spiro atoms. The summed E-state index contributed by atoms with van der Waals surface area (Å²) >= 11 is 0. The molecule has 1 saturated heterocycles. The van der Waals surface area contributed by atoms with Crippen LogP contribution in [0.4, 0.5) is 0 Å². The van der Waals surface area contributed by atoms with Gasteiger partial charge in [0.1, 0.15) is 0 Å². The van der Waals surface area contributed by atoms with Gasteiger partial charge in [-0.05, 0) is 12.5 Å². The predicted molar refractivity (Wildman–Crippen MR) is 78.7 cm³/mol. The van der Waals surface area contributed by atoms with Crippen LogP contribution in [0.5, 0.6) is 0 Å². The summed E-state index contributed by atoms with van der Waals surface area (Å²) in [6, 6.07) is 11.4. The van der Waals surface area contributed by atoms with Crippen molar-refractivity contribution >= 4 is 0 Å². The van der Waals surface area contributed by atoms with E-state index in [0.717, 1.165) is 26.3 Å². The Morgan fingerprint density at radius 3 is 2.55 bits per heavy atom. The molecular formula is C16H21N3O. The zero-order valence-corrected chi connectivity index (χ0v) is 11.9. The summed E-state index contributed by atoms with van der Waals surface area (Å²) in [5, 5.41) is 0. The third-order valence-corrected chi connectivity index (χ3v) is 4.07. The zero-order chi connectivity index (χ0) is 13.8. The summed E-state index contributed by atoms with van der Waals surface area (Å²) in [6.45, 7) is 5.95. The smallest absolute Gasteiger partial charge is 0.0952 e. The molecule has 1 fully saturated rings. The highest BCUT2D eigenvalue weighted by atomic mass is 16.5. The van der Waals surface area contributed by atoms with Gasteiger partial charge >= 0.3 is 0 Å². The minimum absolute atomic E-state index is 0.289. The van der Waals surface area contributed by atoms with Gasteiger partial charge in [-0.3, -0.25) is 4.90 Å². The second-order valence-corrected chi connectivity index (χ2v) is 5.25. The first-order valence-electron chi connectivity index (χ1n) is 7.20. The number of ether oxygens (including phenoxy) is 1. The Kier molecular flexibility index (Phi) is 4.14. The maximum absolute atomic E-state index is 5.47. The third kappa shape index (κ3) is 2.76. The summed E-state index contributed by atoms with van der Waals surface area (Å²) < 4.78 is 7.67. The van der Waals surface area contributed by atoms with E-state index in [1.807, 2.05) is 12.5 Å². The lowest BCUT2D eigenvalue weighted by atomic mass is 9.98. The molecule has 1 aliphatic rings. The number of hydrogen-bond donors (Lipinski definition) is 0. The first kappa shape index (κ1) is 13.3. The van der Waals surface area contributed by atoms with Crippen LogP contribution in [0, 0.1) is 0 Å². The Labute approximate surface area is 120 Å². The number of hydrogen-bond acceptors (Lipinski definition) is 3. The van der Waals surface area contributed by atoms with Gasteiger partial charge in [0.15, 0.2) is 0 Å². The largest absolute Gasteiger partial charge is 0.379 e. The molecule has 4 heteroatoms. The van der Waals surface area contributed by atoms with Crippen LogP contribution < -0.4 is 0 Å². The number of nitrogens with zero attached hydrogens (tertiary/aromatic N) is 3. The van der Waals surface area contributed by atoms with E-state index in [2.05, 4.69) is 57.9 Å². The monoisotopic (exact) mass is 271 g/mol. The minimum Gasteiger partial charge on any atom is -0.379 e. The lowest BCUT2D eigenvalue weighted by Gasteiger charge is -2.37. The lowest BCUT2D eigenvalue weighted by Crippen LogP contribution is -2.46. The highest BCUT2D eigenvalue weighted by Gasteiger charge is 2.27. The molecule has 1 aliphatic heterocycles. The third-order valence-electron chi connectivity index (χ3n) is 4.07. The van der Waals surface area contributed by atoms with Crippen LogP contribution in [0.1, 0.15) is 18.5 Å². The SMILES string of the molecule is C[C@@H]([C@H](c1ccccc1)n1ccnc1)N1CCOCC1. The van der Waals surface area contributed by atoms with Crippen molar-refractivity contribution in [3.8, 4) is 0 Å². The molecule has 106 valence electrons. The van der Waals surface area contributed by atoms with Gasteiger partial charge in [0.25, 0.3) is 0 Å². The molecule has 0 saturated carbocycles. The second-order valence-electron chi connectivity index (χ2n) is 5.25. The van der Waals surface area contributed by atoms with Gasteiger partial charge in [-0.25, -0.2) is 4.98 Å². The maximum Gasteiger partial charge on any atom is 0.0952 e. The molecule has 0 bridgehead atoms. The highest BCUT2D eigenvalue weighted by Crippen LogP contribution is 2.25. The maximum atomic E-state index is 5.47. The fraction of sp³-hybridized carbons (Fsp3) is 0.438. The van der Waals surface area contributed by atoms with Gasteiger partial charge in [-0.2, -0.15) is 0 Å². The predicted octanol–water partition coefficient (Wildman–Crippen LogP) is 2.19. The first-order valence-corrected chi connectivity index (χ1v) is 7.20. The molecule has 0 amide bonds. The summed E-state index contributed by atoms with van der Waals surface area (Å²) in [6.07, 6.45) is 5.81. The topological polar surface area (TPSA) is 30.3 Å². The van der Waals surface area contributed by atoms with Crippen molar-refractivity contribution in [2.45, 2.75) is 19.0 Å². The first-order chi connectivity index (χ1) is 9.86. The van der Waals surface area contributed by atoms with E-state index >= 15 is 0 Å². The molecule has 2 atom stereocenters. The van der Waals surface area contributed by atoms with Crippen LogP contribution in [0.15, 0.2) is 49.1 Å². The summed E-state index contributed by atoms with van der Waals surface area (Å²) in [4.78, 5) is 6.72. The van der Waals surface area contributed by atoms with Gasteiger partial charge in [0.2, 0.25) is 0 Å². The molecule has 1 aromatic carbocycles. The van der Waals surface area contributed by atoms with Crippen molar-refractivity contribution in [3.63, 3.8) is 0 Å². The molecular weight excluding hydrogens is 250 g/mol. The number of aromatic nitrogens is 2. The van der Waals surface area contributed by atoms with Crippen LogP contribution in [-0.2, 0) is 4.74 Å². The lowest BCUT2D eigenvalue weighted by molar-refractivity contribution is 0.0124. The summed E-state index contributed by atoms with van der Waals surface area (Å²) in [7, 11) is 0. The number of rotatable bonds is 4. The molecule has 2 heterocycles. The Morgan fingerprint density at radius 2 is 1.90 bits per heavy atom. The quantitative estimate of drug-likeness (QED) is 0.854. The molecule has 0 unspecified atom stereocenters. The molecule has 0 radical (unpaired) electrons. The average molecular weight is 271 g/mol. The van der Waals surface area contributed by atoms with Gasteiger partial charge in [-0.1, -0.05) is 30.3 Å². The fourth-order valence-electron chi connectivity index (χ4n) is 2.97. The van der Waals surface area contributed by atoms with Gasteiger partial charge in [0.05, 0.1) is 25.6 Å². The minimum atomic E-state index is 0.289. The standard InChI is InChI=1S/C16H21N3O/c1-14(18-9-11-20-12-10-18)16(19-8-7-17-13-19)15-5-3-2-4-6-15/h2-8,13-14,16H,9-12H2,1H3/t14-,16+/m0/s1. The second kappa shape index (κ2) is 6.20. The molecule has 4 nitrogen and oxygen atoms in total. The van der Waals surface area contributed by atoms with E-state index in [4.69, 9.17) is 4.74 Å². The van der Waals surface area contributed by atoms with Crippen LogP contribution in [-0.4, -0.2) is 46.8 Å². The summed E-state index contributed by atoms with van der Waals surface area (Å²) in [5.41, 5.74) is 1.32. The van der Waals surface area contributed by atoms with Crippen molar-refractivity contribution < 1.29 is 4.74 Å². The van der Waals surface area contributed by atoms with Gasteiger partial charge in [-0.15, -0.1) is 0 Å². The van der Waals surface area contributed by atoms with Gasteiger partial charge in [0, 0.05) is 31.5 Å². The fourth-order valence-corrected chi connectivity index (χ4v) is 2.97. The van der Waals surface area contributed by atoms with Crippen molar-refractivity contribution in [2.75, 3.05) is 26.3 Å². The van der Waals surface area contributed by atoms with E-state index in [-0.39, 0.29) is 6.04 Å². The van der Waals surface area contributed by atoms with Crippen LogP contribution in [0.2, 0.25) is 0 Å². The van der Waals surface area contributed by atoms with Crippen molar-refractivity contribution in [1.29, 1.82) is 0 Å². The van der Waals surface area contributed by atoms with E-state index in [1.165, 1.54) is 5.56 Å². The Bertz CT molecular complexity index is 506. The normalized spacial score (nSPS) is 19.6. The Hall–Kier alpha value is -1.65. The van der Waals surface area contributed by atoms with Crippen molar-refractivity contribution in [2.24, 2.45) is 0 Å². The van der Waals surface area contributed by atoms with E-state index in [0.29, 0.717) is 6.04 Å². The average Bonchev–Trinajstić information content (AvgIpc) is 3.03. The van der Waals surface area contributed by atoms with Crippen molar-refractivity contribution in [1.82, 2.24) is 14.5 Å². The molecule has 3 rings (SSSR count). The molecule has 0 aliphatic carbocycles. The van der Waals surface area contributed by atoms with Gasteiger partial charge < -0.3 is 9.30 Å². The molecule has 1 aromatic heterocycles. The van der Waals surface area contributed by atoms with Crippen LogP contribution in [0.25, 0.3) is 0 Å². The van der Waals surface area contributed by atoms with Crippen LogP contribution >= 0.6 is 0 Å². The van der Waals surface area contributed by atoms with E-state index < -0.39 is 0 Å².